The van der Waals surface area contributed by atoms with Crippen LogP contribution in [0.5, 0.6) is 5.75 Å². The Bertz CT molecular complexity index is 918. The van der Waals surface area contributed by atoms with Crippen LogP contribution in [0.2, 0.25) is 5.15 Å². The first kappa shape index (κ1) is 24.4. The molecule has 0 atom stereocenters. The summed E-state index contributed by atoms with van der Waals surface area (Å²) >= 11 is 5.82. The van der Waals surface area contributed by atoms with Gasteiger partial charge in [-0.2, -0.15) is 0 Å². The molecule has 2 rings (SSSR count). The van der Waals surface area contributed by atoms with Gasteiger partial charge >= 0.3 is 0 Å². The summed E-state index contributed by atoms with van der Waals surface area (Å²) < 4.78 is 6.12. The minimum Gasteiger partial charge on any atom is -0.486 e. The van der Waals surface area contributed by atoms with E-state index in [-0.39, 0.29) is 34.9 Å². The number of ether oxygens (including phenoxy) is 1. The fourth-order valence-corrected chi connectivity index (χ4v) is 3.05. The Morgan fingerprint density at radius 2 is 1.77 bits per heavy atom. The number of carbonyl (C=O) groups excluding carboxylic acids is 2. The summed E-state index contributed by atoms with van der Waals surface area (Å²) in [4.78, 5) is 31.0. The number of halogens is 1. The summed E-state index contributed by atoms with van der Waals surface area (Å²) in [5.74, 6) is 0.198. The smallest absolute Gasteiger partial charge is 0.273 e. The predicted molar refractivity (Wildman–Crippen MR) is 121 cm³/mol. The molecular formula is C21H30ClN6O3+. The lowest BCUT2D eigenvalue weighted by atomic mass is 10.1. The minimum absolute atomic E-state index is 0.00562. The number of nitrogen functional groups attached to an aromatic ring is 2. The Balaban J connectivity index is 1.75. The molecule has 0 saturated carbocycles. The maximum Gasteiger partial charge on any atom is 0.273 e. The molecule has 0 aliphatic rings. The van der Waals surface area contributed by atoms with Crippen molar-refractivity contribution < 1.29 is 18.8 Å². The molecule has 1 aromatic carbocycles. The van der Waals surface area contributed by atoms with Crippen molar-refractivity contribution in [3.8, 4) is 5.75 Å². The second kappa shape index (κ2) is 10.9. The van der Waals surface area contributed by atoms with Crippen molar-refractivity contribution in [1.82, 2.24) is 15.3 Å². The zero-order chi connectivity index (χ0) is 23.0. The SMILES string of the molecule is CC(=O)COc1ccc(CCC[N+](C)(C)CCNC(=O)c2nc(Cl)c(N)nc2N)cc1. The lowest BCUT2D eigenvalue weighted by molar-refractivity contribution is -0.889. The molecule has 0 aliphatic heterocycles. The van der Waals surface area contributed by atoms with Gasteiger partial charge in [0.2, 0.25) is 0 Å². The predicted octanol–water partition coefficient (Wildman–Crippen LogP) is 1.70. The van der Waals surface area contributed by atoms with E-state index in [0.717, 1.165) is 30.4 Å². The van der Waals surface area contributed by atoms with Gasteiger partial charge in [0.05, 0.1) is 33.7 Å². The molecule has 1 amide bonds. The van der Waals surface area contributed by atoms with Gasteiger partial charge in [-0.15, -0.1) is 0 Å². The molecule has 0 saturated heterocycles. The van der Waals surface area contributed by atoms with Crippen molar-refractivity contribution in [3.63, 3.8) is 0 Å². The summed E-state index contributed by atoms with van der Waals surface area (Å²) in [5, 5.41) is 2.76. The van der Waals surface area contributed by atoms with E-state index in [4.69, 9.17) is 27.8 Å². The van der Waals surface area contributed by atoms with Crippen molar-refractivity contribution in [2.24, 2.45) is 0 Å². The number of hydrogen-bond acceptors (Lipinski definition) is 7. The summed E-state index contributed by atoms with van der Waals surface area (Å²) in [6.07, 6.45) is 1.91. The number of nitrogens with one attached hydrogen (secondary N) is 1. The van der Waals surface area contributed by atoms with E-state index in [0.29, 0.717) is 12.3 Å². The minimum atomic E-state index is -0.431. The van der Waals surface area contributed by atoms with E-state index in [1.54, 1.807) is 0 Å². The zero-order valence-electron chi connectivity index (χ0n) is 18.2. The lowest BCUT2D eigenvalue weighted by Crippen LogP contribution is -2.46. The van der Waals surface area contributed by atoms with E-state index in [9.17, 15) is 9.59 Å². The van der Waals surface area contributed by atoms with Gasteiger partial charge in [0.15, 0.2) is 28.3 Å². The Labute approximate surface area is 187 Å². The first-order chi connectivity index (χ1) is 14.6. The maximum absolute atomic E-state index is 12.3. The van der Waals surface area contributed by atoms with Crippen molar-refractivity contribution >= 4 is 34.9 Å². The fourth-order valence-electron chi connectivity index (χ4n) is 2.92. The van der Waals surface area contributed by atoms with Crippen LogP contribution in [0.4, 0.5) is 11.6 Å². The van der Waals surface area contributed by atoms with Crippen LogP contribution in [0.3, 0.4) is 0 Å². The largest absolute Gasteiger partial charge is 0.486 e. The van der Waals surface area contributed by atoms with Crippen LogP contribution in [0, 0.1) is 0 Å². The van der Waals surface area contributed by atoms with Crippen molar-refractivity contribution in [1.29, 1.82) is 0 Å². The monoisotopic (exact) mass is 449 g/mol. The Kier molecular flexibility index (Phi) is 8.58. The molecule has 168 valence electrons. The molecule has 0 radical (unpaired) electrons. The molecule has 1 aromatic heterocycles. The molecule has 0 bridgehead atoms. The molecule has 0 fully saturated rings. The van der Waals surface area contributed by atoms with Gasteiger partial charge in [-0.05, 0) is 31.0 Å². The summed E-state index contributed by atoms with van der Waals surface area (Å²) in [6.45, 7) is 3.72. The van der Waals surface area contributed by atoms with Crippen molar-refractivity contribution in [3.05, 3.63) is 40.7 Å². The molecular weight excluding hydrogens is 420 g/mol. The number of ketones is 1. The number of Topliss-reactive ketones (excluding diaryl/α,β-unsaturated/α-hetero) is 1. The number of nitrogens with zero attached hydrogens (tertiary/aromatic N) is 3. The third-order valence-corrected chi connectivity index (χ3v) is 5.00. The molecule has 5 N–H and O–H groups in total. The van der Waals surface area contributed by atoms with Gasteiger partial charge in [0.25, 0.3) is 5.91 Å². The highest BCUT2D eigenvalue weighted by molar-refractivity contribution is 6.31. The third kappa shape index (κ3) is 8.03. The van der Waals surface area contributed by atoms with Crippen LogP contribution < -0.4 is 21.5 Å². The van der Waals surface area contributed by atoms with Gasteiger partial charge in [0, 0.05) is 6.42 Å². The van der Waals surface area contributed by atoms with Gasteiger partial charge in [-0.3, -0.25) is 9.59 Å². The summed E-state index contributed by atoms with van der Waals surface area (Å²) in [7, 11) is 4.22. The molecule has 1 heterocycles. The van der Waals surface area contributed by atoms with E-state index in [1.165, 1.54) is 12.5 Å². The quantitative estimate of drug-likeness (QED) is 0.444. The average molecular weight is 450 g/mol. The number of benzene rings is 1. The molecule has 31 heavy (non-hydrogen) atoms. The molecule has 0 spiro atoms. The van der Waals surface area contributed by atoms with Gasteiger partial charge < -0.3 is 26.0 Å². The van der Waals surface area contributed by atoms with Gasteiger partial charge in [-0.25, -0.2) is 9.97 Å². The van der Waals surface area contributed by atoms with Crippen molar-refractivity contribution in [2.75, 3.05) is 51.8 Å². The van der Waals surface area contributed by atoms with Crippen LogP contribution in [0.1, 0.15) is 29.4 Å². The van der Waals surface area contributed by atoms with Crippen LogP contribution >= 0.6 is 11.6 Å². The topological polar surface area (TPSA) is 133 Å². The number of quaternary nitrogens is 1. The molecule has 2 aromatic rings. The number of aryl methyl sites for hydroxylation is 1. The normalized spacial score (nSPS) is 11.2. The average Bonchev–Trinajstić information content (AvgIpc) is 2.69. The van der Waals surface area contributed by atoms with Crippen LogP contribution in [0.15, 0.2) is 24.3 Å². The van der Waals surface area contributed by atoms with Crippen LogP contribution in [-0.2, 0) is 11.2 Å². The zero-order valence-corrected chi connectivity index (χ0v) is 18.9. The molecule has 0 aliphatic carbocycles. The lowest BCUT2D eigenvalue weighted by Gasteiger charge is -2.30. The van der Waals surface area contributed by atoms with E-state index < -0.39 is 5.91 Å². The second-order valence-electron chi connectivity index (χ2n) is 8.01. The first-order valence-corrected chi connectivity index (χ1v) is 10.3. The van der Waals surface area contributed by atoms with Crippen molar-refractivity contribution in [2.45, 2.75) is 19.8 Å². The Hall–Kier alpha value is -2.91. The van der Waals surface area contributed by atoms with Crippen LogP contribution in [0.25, 0.3) is 0 Å². The number of carbonyl (C=O) groups is 2. The van der Waals surface area contributed by atoms with E-state index >= 15 is 0 Å². The maximum atomic E-state index is 12.3. The molecule has 9 nitrogen and oxygen atoms in total. The highest BCUT2D eigenvalue weighted by atomic mass is 35.5. The number of anilines is 2. The highest BCUT2D eigenvalue weighted by Gasteiger charge is 2.18. The number of hydrogen-bond donors (Lipinski definition) is 3. The second-order valence-corrected chi connectivity index (χ2v) is 8.37. The summed E-state index contributed by atoms with van der Waals surface area (Å²) in [5.41, 5.74) is 12.4. The molecule has 0 unspecified atom stereocenters. The number of aromatic nitrogens is 2. The van der Waals surface area contributed by atoms with Crippen LogP contribution in [-0.4, -0.2) is 66.5 Å². The number of amides is 1. The molecule has 10 heteroatoms. The van der Waals surface area contributed by atoms with Gasteiger partial charge in [-0.1, -0.05) is 23.7 Å². The Morgan fingerprint density at radius 3 is 2.42 bits per heavy atom. The first-order valence-electron chi connectivity index (χ1n) is 9.97. The third-order valence-electron chi connectivity index (χ3n) is 4.72. The number of nitrogens with two attached hydrogens (primary N) is 2. The number of likely N-dealkylation sites (N-methyl/N-ethyl adjacent to an activating group) is 1. The highest BCUT2D eigenvalue weighted by Crippen LogP contribution is 2.17. The fraction of sp³-hybridized carbons (Fsp3) is 0.429. The standard InChI is InChI=1S/C21H29ClN6O3/c1-14(29)13-31-16-8-6-15(7-9-16)5-4-11-28(2,3)12-10-25-21(30)17-19(23)27-20(24)18(22)26-17/h6-9H,4-5,10-13H2,1-3H3,(H4-,23,24,25,27,30)/p+1. The van der Waals surface area contributed by atoms with Gasteiger partial charge in [0.1, 0.15) is 12.4 Å². The number of rotatable bonds is 11. The van der Waals surface area contributed by atoms with E-state index in [1.807, 2.05) is 24.3 Å². The summed E-state index contributed by atoms with van der Waals surface area (Å²) in [6, 6.07) is 7.79. The Morgan fingerprint density at radius 1 is 1.10 bits per heavy atom. The van der Waals surface area contributed by atoms with E-state index in [2.05, 4.69) is 29.4 Å².